The van der Waals surface area contributed by atoms with E-state index in [0.29, 0.717) is 12.8 Å². The molecule has 2 unspecified atom stereocenters. The molecular formula is C24H23F2NO3S. The van der Waals surface area contributed by atoms with Gasteiger partial charge in [0.25, 0.3) is 0 Å². The molecule has 2 aliphatic heterocycles. The smallest absolute Gasteiger partial charge is 0.243 e. The molecule has 2 aliphatic rings. The molecular weight excluding hydrogens is 420 g/mol. The average Bonchev–Trinajstić information content (AvgIpc) is 3.03. The van der Waals surface area contributed by atoms with Gasteiger partial charge in [0.2, 0.25) is 10.0 Å². The Morgan fingerprint density at radius 1 is 0.935 bits per heavy atom. The van der Waals surface area contributed by atoms with Crippen molar-refractivity contribution in [1.29, 1.82) is 0 Å². The van der Waals surface area contributed by atoms with Crippen LogP contribution in [0.4, 0.5) is 8.78 Å². The highest BCUT2D eigenvalue weighted by Gasteiger charge is 2.52. The summed E-state index contributed by atoms with van der Waals surface area (Å²) in [6, 6.07) is 15.4. The van der Waals surface area contributed by atoms with Crippen molar-refractivity contribution in [3.63, 3.8) is 0 Å². The fraction of sp³-hybridized carbons (Fsp3) is 0.333. The third kappa shape index (κ3) is 3.64. The Hall–Kier alpha value is -2.35. The third-order valence-electron chi connectivity index (χ3n) is 6.62. The minimum absolute atomic E-state index is 0.0377. The van der Waals surface area contributed by atoms with Crippen LogP contribution in [0.15, 0.2) is 65.6 Å². The van der Waals surface area contributed by atoms with Crippen LogP contribution >= 0.6 is 0 Å². The summed E-state index contributed by atoms with van der Waals surface area (Å²) in [6.07, 6.45) is 1.81. The summed E-state index contributed by atoms with van der Waals surface area (Å²) < 4.78 is 55.9. The van der Waals surface area contributed by atoms with Gasteiger partial charge in [0.15, 0.2) is 0 Å². The van der Waals surface area contributed by atoms with Crippen LogP contribution in [0.3, 0.4) is 0 Å². The van der Waals surface area contributed by atoms with E-state index in [2.05, 4.69) is 0 Å². The highest BCUT2D eigenvalue weighted by atomic mass is 32.2. The van der Waals surface area contributed by atoms with Gasteiger partial charge in [-0.3, -0.25) is 0 Å². The maximum Gasteiger partial charge on any atom is 0.243 e. The largest absolute Gasteiger partial charge is 0.389 e. The van der Waals surface area contributed by atoms with Crippen molar-refractivity contribution in [2.75, 3.05) is 0 Å². The molecule has 2 saturated heterocycles. The molecule has 0 radical (unpaired) electrons. The molecule has 5 rings (SSSR count). The normalized spacial score (nSPS) is 26.4. The van der Waals surface area contributed by atoms with E-state index in [1.807, 2.05) is 30.3 Å². The first-order valence-electron chi connectivity index (χ1n) is 10.4. The summed E-state index contributed by atoms with van der Waals surface area (Å²) in [5.41, 5.74) is -0.978. The lowest BCUT2D eigenvalue weighted by Crippen LogP contribution is -2.53. The molecule has 31 heavy (non-hydrogen) atoms. The Labute approximate surface area is 180 Å². The van der Waals surface area contributed by atoms with Crippen molar-refractivity contribution in [2.45, 2.75) is 54.7 Å². The number of hydrogen-bond acceptors (Lipinski definition) is 3. The van der Waals surface area contributed by atoms with Crippen LogP contribution in [0, 0.1) is 11.6 Å². The molecule has 162 valence electrons. The Bertz CT molecular complexity index is 1250. The highest BCUT2D eigenvalue weighted by Crippen LogP contribution is 2.45. The van der Waals surface area contributed by atoms with E-state index >= 15 is 0 Å². The number of rotatable bonds is 4. The standard InChI is InChI=1S/C24H23F2NO3S/c25-19-7-5-18(23(26)12-19)13-24(28)14-20-8-9-21(15-24)27(20)31(29,30)22-10-6-16-3-1-2-4-17(16)11-22/h1-7,10-12,20-21,28H,8-9,13-15H2. The van der Waals surface area contributed by atoms with E-state index in [9.17, 15) is 22.3 Å². The van der Waals surface area contributed by atoms with Crippen molar-refractivity contribution in [1.82, 2.24) is 4.31 Å². The summed E-state index contributed by atoms with van der Waals surface area (Å²) in [5, 5.41) is 13.0. The molecule has 0 aliphatic carbocycles. The van der Waals surface area contributed by atoms with Gasteiger partial charge < -0.3 is 5.11 Å². The first-order valence-corrected chi connectivity index (χ1v) is 11.9. The van der Waals surface area contributed by atoms with Gasteiger partial charge in [0.05, 0.1) is 10.5 Å². The maximum atomic E-state index is 14.1. The number of sulfonamides is 1. The van der Waals surface area contributed by atoms with Gasteiger partial charge in [-0.2, -0.15) is 4.31 Å². The monoisotopic (exact) mass is 443 g/mol. The van der Waals surface area contributed by atoms with Crippen molar-refractivity contribution in [2.24, 2.45) is 0 Å². The molecule has 2 atom stereocenters. The molecule has 0 amide bonds. The van der Waals surface area contributed by atoms with Gasteiger partial charge in [-0.05, 0) is 60.2 Å². The summed E-state index contributed by atoms with van der Waals surface area (Å²) in [4.78, 5) is 0.248. The van der Waals surface area contributed by atoms with Crippen LogP contribution < -0.4 is 0 Å². The Balaban J connectivity index is 1.42. The Kier molecular flexibility index (Phi) is 4.88. The Morgan fingerprint density at radius 3 is 2.29 bits per heavy atom. The van der Waals surface area contributed by atoms with Crippen LogP contribution in [0.25, 0.3) is 10.8 Å². The first kappa shape index (κ1) is 20.5. The number of fused-ring (bicyclic) bond motifs is 3. The molecule has 1 N–H and O–H groups in total. The van der Waals surface area contributed by atoms with Crippen molar-refractivity contribution in [3.8, 4) is 0 Å². The SMILES string of the molecule is O=S(=O)(c1ccc2ccccc2c1)N1C2CCC1CC(O)(Cc1ccc(F)cc1F)C2. The summed E-state index contributed by atoms with van der Waals surface area (Å²) in [7, 11) is -3.73. The predicted octanol–water partition coefficient (Wildman–Crippen LogP) is 4.41. The molecule has 2 bridgehead atoms. The van der Waals surface area contributed by atoms with Crippen molar-refractivity contribution < 1.29 is 22.3 Å². The van der Waals surface area contributed by atoms with E-state index in [0.717, 1.165) is 16.8 Å². The fourth-order valence-electron chi connectivity index (χ4n) is 5.29. The topological polar surface area (TPSA) is 57.6 Å². The second-order valence-electron chi connectivity index (χ2n) is 8.77. The highest BCUT2D eigenvalue weighted by molar-refractivity contribution is 7.89. The number of aliphatic hydroxyl groups is 1. The van der Waals surface area contributed by atoms with E-state index in [-0.39, 0.29) is 41.8 Å². The van der Waals surface area contributed by atoms with Gasteiger partial charge in [0.1, 0.15) is 11.6 Å². The van der Waals surface area contributed by atoms with Gasteiger partial charge in [0, 0.05) is 24.6 Å². The van der Waals surface area contributed by atoms with Crippen LogP contribution in [-0.2, 0) is 16.4 Å². The molecule has 0 saturated carbocycles. The van der Waals surface area contributed by atoms with Crippen LogP contribution in [-0.4, -0.2) is 35.5 Å². The second kappa shape index (κ2) is 7.36. The molecule has 0 aromatic heterocycles. The van der Waals surface area contributed by atoms with Gasteiger partial charge in [-0.25, -0.2) is 17.2 Å². The predicted molar refractivity (Wildman–Crippen MR) is 114 cm³/mol. The van der Waals surface area contributed by atoms with Gasteiger partial charge in [-0.1, -0.05) is 36.4 Å². The zero-order valence-electron chi connectivity index (χ0n) is 16.8. The molecule has 3 aromatic carbocycles. The number of benzene rings is 3. The summed E-state index contributed by atoms with van der Waals surface area (Å²) in [6.45, 7) is 0. The minimum Gasteiger partial charge on any atom is -0.389 e. The quantitative estimate of drug-likeness (QED) is 0.650. The summed E-state index contributed by atoms with van der Waals surface area (Å²) >= 11 is 0. The lowest BCUT2D eigenvalue weighted by molar-refractivity contribution is -0.0290. The number of nitrogens with zero attached hydrogens (tertiary/aromatic N) is 1. The number of hydrogen-bond donors (Lipinski definition) is 1. The zero-order chi connectivity index (χ0) is 21.8. The van der Waals surface area contributed by atoms with E-state index in [4.69, 9.17) is 0 Å². The number of piperidine rings is 1. The lowest BCUT2D eigenvalue weighted by Gasteiger charge is -2.43. The molecule has 4 nitrogen and oxygen atoms in total. The Morgan fingerprint density at radius 2 is 1.61 bits per heavy atom. The molecule has 3 aromatic rings. The number of halogens is 2. The van der Waals surface area contributed by atoms with E-state index in [1.54, 1.807) is 16.4 Å². The fourth-order valence-corrected chi connectivity index (χ4v) is 7.19. The molecule has 0 spiro atoms. The van der Waals surface area contributed by atoms with E-state index in [1.165, 1.54) is 12.1 Å². The zero-order valence-corrected chi connectivity index (χ0v) is 17.7. The van der Waals surface area contributed by atoms with Crippen LogP contribution in [0.1, 0.15) is 31.2 Å². The van der Waals surface area contributed by atoms with Gasteiger partial charge >= 0.3 is 0 Å². The van der Waals surface area contributed by atoms with Crippen LogP contribution in [0.2, 0.25) is 0 Å². The van der Waals surface area contributed by atoms with Crippen LogP contribution in [0.5, 0.6) is 0 Å². The molecule has 7 heteroatoms. The summed E-state index contributed by atoms with van der Waals surface area (Å²) in [5.74, 6) is -1.35. The molecule has 2 heterocycles. The van der Waals surface area contributed by atoms with Crippen molar-refractivity contribution in [3.05, 3.63) is 77.9 Å². The maximum absolute atomic E-state index is 14.1. The second-order valence-corrected chi connectivity index (χ2v) is 10.6. The van der Waals surface area contributed by atoms with E-state index < -0.39 is 27.3 Å². The third-order valence-corrected chi connectivity index (χ3v) is 8.62. The van der Waals surface area contributed by atoms with Gasteiger partial charge in [-0.15, -0.1) is 0 Å². The average molecular weight is 444 g/mol. The lowest BCUT2D eigenvalue weighted by atomic mass is 9.82. The minimum atomic E-state index is -3.73. The first-order chi connectivity index (χ1) is 14.7. The molecule has 2 fully saturated rings. The van der Waals surface area contributed by atoms with Crippen molar-refractivity contribution >= 4 is 20.8 Å².